The van der Waals surface area contributed by atoms with E-state index in [9.17, 15) is 4.79 Å². The van der Waals surface area contributed by atoms with Gasteiger partial charge in [-0.2, -0.15) is 0 Å². The Morgan fingerprint density at radius 2 is 2.08 bits per heavy atom. The summed E-state index contributed by atoms with van der Waals surface area (Å²) in [6.45, 7) is 5.63. The number of nitrogens with zero attached hydrogens (tertiary/aromatic N) is 1. The van der Waals surface area contributed by atoms with Crippen molar-refractivity contribution in [1.29, 1.82) is 0 Å². The number of rotatable bonds is 4. The first-order valence-electron chi connectivity index (χ1n) is 7.95. The number of morpholine rings is 1. The van der Waals surface area contributed by atoms with Gasteiger partial charge in [-0.05, 0) is 37.1 Å². The van der Waals surface area contributed by atoms with Gasteiger partial charge >= 0.3 is 0 Å². The normalized spacial score (nSPS) is 16.0. The van der Waals surface area contributed by atoms with Crippen LogP contribution in [0, 0.1) is 13.8 Å². The van der Waals surface area contributed by atoms with E-state index in [1.54, 1.807) is 12.3 Å². The van der Waals surface area contributed by atoms with Crippen molar-refractivity contribution in [2.45, 2.75) is 19.9 Å². The van der Waals surface area contributed by atoms with Crippen molar-refractivity contribution >= 4 is 36.4 Å². The minimum absolute atomic E-state index is 0. The maximum Gasteiger partial charge on any atom is 0.243 e. The maximum absolute atomic E-state index is 12.3. The lowest BCUT2D eigenvalue weighted by atomic mass is 10.2. The molecule has 1 aliphatic rings. The van der Waals surface area contributed by atoms with Gasteiger partial charge in [0.05, 0.1) is 13.2 Å². The van der Waals surface area contributed by atoms with Crippen LogP contribution in [0.2, 0.25) is 0 Å². The standard InChI is InChI=1S/C18H21N3O3.2ClH/c1-12-5-6-20-17(9-12)24-16-10-14(4-3-13(16)2)21-18(22)15-11-23-8-7-19-15;;/h3-6,9-10,15,19H,7-8,11H2,1-2H3,(H,21,22);2*1H. The van der Waals surface area contributed by atoms with E-state index in [-0.39, 0.29) is 36.8 Å². The average Bonchev–Trinajstić information content (AvgIpc) is 2.59. The smallest absolute Gasteiger partial charge is 0.243 e. The van der Waals surface area contributed by atoms with Crippen LogP contribution in [0.15, 0.2) is 36.5 Å². The molecule has 1 aromatic carbocycles. The first kappa shape index (κ1) is 22.2. The molecule has 6 nitrogen and oxygen atoms in total. The zero-order valence-electron chi connectivity index (χ0n) is 14.7. The number of ether oxygens (including phenoxy) is 2. The van der Waals surface area contributed by atoms with Crippen LogP contribution < -0.4 is 15.4 Å². The molecule has 8 heteroatoms. The van der Waals surface area contributed by atoms with Gasteiger partial charge < -0.3 is 20.1 Å². The minimum Gasteiger partial charge on any atom is -0.439 e. The first-order chi connectivity index (χ1) is 11.6. The summed E-state index contributed by atoms with van der Waals surface area (Å²) in [4.78, 5) is 16.5. The molecular weight excluding hydrogens is 377 g/mol. The number of aromatic nitrogens is 1. The second-order valence-electron chi connectivity index (χ2n) is 5.82. The Morgan fingerprint density at radius 1 is 1.27 bits per heavy atom. The monoisotopic (exact) mass is 399 g/mol. The molecule has 2 aromatic rings. The molecule has 1 aromatic heterocycles. The molecule has 1 amide bonds. The molecule has 2 N–H and O–H groups in total. The molecule has 0 spiro atoms. The fraction of sp³-hybridized carbons (Fsp3) is 0.333. The predicted octanol–water partition coefficient (Wildman–Crippen LogP) is 3.26. The van der Waals surface area contributed by atoms with Gasteiger partial charge in [-0.1, -0.05) is 6.07 Å². The summed E-state index contributed by atoms with van der Waals surface area (Å²) >= 11 is 0. The molecule has 0 aliphatic carbocycles. The highest BCUT2D eigenvalue weighted by molar-refractivity contribution is 5.95. The zero-order chi connectivity index (χ0) is 16.9. The number of amides is 1. The number of benzene rings is 1. The van der Waals surface area contributed by atoms with Crippen LogP contribution in [0.5, 0.6) is 11.6 Å². The van der Waals surface area contributed by atoms with Gasteiger partial charge in [0, 0.05) is 30.6 Å². The van der Waals surface area contributed by atoms with Crippen LogP contribution in [-0.2, 0) is 9.53 Å². The van der Waals surface area contributed by atoms with E-state index < -0.39 is 0 Å². The lowest BCUT2D eigenvalue weighted by Gasteiger charge is -2.23. The number of pyridine rings is 1. The van der Waals surface area contributed by atoms with E-state index in [0.29, 0.717) is 37.1 Å². The van der Waals surface area contributed by atoms with Crippen molar-refractivity contribution in [2.24, 2.45) is 0 Å². The third kappa shape index (κ3) is 5.85. The fourth-order valence-electron chi connectivity index (χ4n) is 2.43. The largest absolute Gasteiger partial charge is 0.439 e. The predicted molar refractivity (Wildman–Crippen MR) is 106 cm³/mol. The van der Waals surface area contributed by atoms with Crippen molar-refractivity contribution in [1.82, 2.24) is 10.3 Å². The molecule has 2 heterocycles. The number of hydrogen-bond acceptors (Lipinski definition) is 5. The van der Waals surface area contributed by atoms with Crippen molar-refractivity contribution in [3.05, 3.63) is 47.7 Å². The molecular formula is C18H23Cl2N3O3. The molecule has 1 unspecified atom stereocenters. The van der Waals surface area contributed by atoms with Gasteiger partial charge in [-0.25, -0.2) is 4.98 Å². The van der Waals surface area contributed by atoms with Gasteiger partial charge in [-0.3, -0.25) is 4.79 Å². The number of carbonyl (C=O) groups is 1. The van der Waals surface area contributed by atoms with Crippen molar-refractivity contribution in [2.75, 3.05) is 25.1 Å². The average molecular weight is 400 g/mol. The molecule has 142 valence electrons. The number of nitrogens with one attached hydrogen (secondary N) is 2. The van der Waals surface area contributed by atoms with Crippen LogP contribution in [0.4, 0.5) is 5.69 Å². The van der Waals surface area contributed by atoms with Crippen LogP contribution >= 0.6 is 24.8 Å². The van der Waals surface area contributed by atoms with E-state index in [4.69, 9.17) is 9.47 Å². The van der Waals surface area contributed by atoms with Crippen LogP contribution in [-0.4, -0.2) is 36.7 Å². The van der Waals surface area contributed by atoms with E-state index >= 15 is 0 Å². The number of carbonyl (C=O) groups excluding carboxylic acids is 1. The van der Waals surface area contributed by atoms with Crippen molar-refractivity contribution in [3.63, 3.8) is 0 Å². The maximum atomic E-state index is 12.3. The molecule has 0 saturated carbocycles. The molecule has 1 saturated heterocycles. The number of halogens is 2. The van der Waals surface area contributed by atoms with Gasteiger partial charge in [-0.15, -0.1) is 24.8 Å². The summed E-state index contributed by atoms with van der Waals surface area (Å²) in [5.74, 6) is 1.08. The fourth-order valence-corrected chi connectivity index (χ4v) is 2.43. The van der Waals surface area contributed by atoms with Crippen molar-refractivity contribution in [3.8, 4) is 11.6 Å². The molecule has 0 bridgehead atoms. The Morgan fingerprint density at radius 3 is 2.77 bits per heavy atom. The lowest BCUT2D eigenvalue weighted by Crippen LogP contribution is -2.48. The van der Waals surface area contributed by atoms with E-state index in [1.165, 1.54) is 0 Å². The Labute approximate surface area is 165 Å². The second kappa shape index (κ2) is 10.3. The summed E-state index contributed by atoms with van der Waals surface area (Å²) in [7, 11) is 0. The van der Waals surface area contributed by atoms with Crippen molar-refractivity contribution < 1.29 is 14.3 Å². The molecule has 1 atom stereocenters. The molecule has 1 aliphatic heterocycles. The topological polar surface area (TPSA) is 72.5 Å². The SMILES string of the molecule is Cc1ccnc(Oc2cc(NC(=O)C3COCCN3)ccc2C)c1.Cl.Cl. The van der Waals surface area contributed by atoms with Crippen LogP contribution in [0.1, 0.15) is 11.1 Å². The van der Waals surface area contributed by atoms with Gasteiger partial charge in [0.2, 0.25) is 11.8 Å². The zero-order valence-corrected chi connectivity index (χ0v) is 16.3. The summed E-state index contributed by atoms with van der Waals surface area (Å²) in [6.07, 6.45) is 1.71. The number of hydrogen-bond donors (Lipinski definition) is 2. The van der Waals surface area contributed by atoms with Gasteiger partial charge in [0.1, 0.15) is 11.8 Å². The number of anilines is 1. The molecule has 0 radical (unpaired) electrons. The Bertz CT molecular complexity index is 737. The Balaban J connectivity index is 0.00000169. The molecule has 26 heavy (non-hydrogen) atoms. The van der Waals surface area contributed by atoms with Gasteiger partial charge in [0.15, 0.2) is 0 Å². The lowest BCUT2D eigenvalue weighted by molar-refractivity contribution is -0.120. The Kier molecular flexibility index (Phi) is 8.81. The van der Waals surface area contributed by atoms with Crippen LogP contribution in [0.25, 0.3) is 0 Å². The van der Waals surface area contributed by atoms with Crippen LogP contribution in [0.3, 0.4) is 0 Å². The second-order valence-corrected chi connectivity index (χ2v) is 5.82. The number of aryl methyl sites for hydroxylation is 2. The molecule has 1 fully saturated rings. The van der Waals surface area contributed by atoms with E-state index in [1.807, 2.05) is 38.1 Å². The summed E-state index contributed by atoms with van der Waals surface area (Å²) in [5, 5.41) is 6.03. The van der Waals surface area contributed by atoms with E-state index in [0.717, 1.165) is 11.1 Å². The third-order valence-corrected chi connectivity index (χ3v) is 3.80. The summed E-state index contributed by atoms with van der Waals surface area (Å²) in [6, 6.07) is 9.02. The molecule has 3 rings (SSSR count). The highest BCUT2D eigenvalue weighted by atomic mass is 35.5. The minimum atomic E-state index is -0.331. The Hall–Kier alpha value is -1.86. The quantitative estimate of drug-likeness (QED) is 0.825. The third-order valence-electron chi connectivity index (χ3n) is 3.80. The summed E-state index contributed by atoms with van der Waals surface area (Å²) < 4.78 is 11.2. The summed E-state index contributed by atoms with van der Waals surface area (Å²) in [5.41, 5.74) is 2.72. The highest BCUT2D eigenvalue weighted by Crippen LogP contribution is 2.27. The van der Waals surface area contributed by atoms with Gasteiger partial charge in [0.25, 0.3) is 0 Å². The first-order valence-corrected chi connectivity index (χ1v) is 7.95. The highest BCUT2D eigenvalue weighted by Gasteiger charge is 2.21. The van der Waals surface area contributed by atoms with E-state index in [2.05, 4.69) is 15.6 Å².